The van der Waals surface area contributed by atoms with Gasteiger partial charge in [0.2, 0.25) is 11.8 Å². The molecule has 0 saturated heterocycles. The van der Waals surface area contributed by atoms with Crippen LogP contribution in [0.4, 0.5) is 5.69 Å². The Morgan fingerprint density at radius 3 is 2.18 bits per heavy atom. The third-order valence-electron chi connectivity index (χ3n) is 7.21. The van der Waals surface area contributed by atoms with Gasteiger partial charge < -0.3 is 10.2 Å². The summed E-state index contributed by atoms with van der Waals surface area (Å²) in [6.07, 6.45) is 5.19. The van der Waals surface area contributed by atoms with Crippen molar-refractivity contribution in [2.75, 3.05) is 10.8 Å². The summed E-state index contributed by atoms with van der Waals surface area (Å²) in [6, 6.07) is 23.8. The van der Waals surface area contributed by atoms with Gasteiger partial charge in [-0.15, -0.1) is 0 Å². The molecule has 8 heteroatoms. The van der Waals surface area contributed by atoms with Crippen LogP contribution >= 0.6 is 0 Å². The van der Waals surface area contributed by atoms with Gasteiger partial charge in [-0.3, -0.25) is 13.9 Å². The molecule has 1 atom stereocenters. The van der Waals surface area contributed by atoms with E-state index >= 15 is 0 Å². The van der Waals surface area contributed by atoms with E-state index in [1.807, 2.05) is 31.2 Å². The van der Waals surface area contributed by atoms with Crippen LogP contribution in [0.25, 0.3) is 0 Å². The zero-order valence-electron chi connectivity index (χ0n) is 22.6. The molecule has 0 heterocycles. The van der Waals surface area contributed by atoms with E-state index in [9.17, 15) is 18.0 Å². The first kappa shape index (κ1) is 28.4. The molecule has 1 N–H and O–H groups in total. The zero-order chi connectivity index (χ0) is 27.8. The van der Waals surface area contributed by atoms with E-state index in [0.717, 1.165) is 41.1 Å². The highest BCUT2D eigenvalue weighted by molar-refractivity contribution is 7.92. The molecule has 206 valence electrons. The zero-order valence-corrected chi connectivity index (χ0v) is 23.4. The molecular formula is C31H37N3O4S. The Bertz CT molecular complexity index is 1360. The van der Waals surface area contributed by atoms with Gasteiger partial charge in [0.25, 0.3) is 10.0 Å². The fourth-order valence-corrected chi connectivity index (χ4v) is 6.44. The monoisotopic (exact) mass is 547 g/mol. The summed E-state index contributed by atoms with van der Waals surface area (Å²) in [5.41, 5.74) is 2.29. The first-order valence-electron chi connectivity index (χ1n) is 13.5. The fraction of sp³-hybridized carbons (Fsp3) is 0.355. The van der Waals surface area contributed by atoms with E-state index in [-0.39, 0.29) is 23.4 Å². The minimum Gasteiger partial charge on any atom is -0.352 e. The summed E-state index contributed by atoms with van der Waals surface area (Å²) in [4.78, 5) is 28.9. The maximum Gasteiger partial charge on any atom is 0.264 e. The van der Waals surface area contributed by atoms with E-state index in [1.54, 1.807) is 55.5 Å². The van der Waals surface area contributed by atoms with Crippen LogP contribution in [-0.2, 0) is 26.2 Å². The number of rotatable bonds is 10. The molecule has 3 aromatic carbocycles. The number of carbonyl (C=O) groups is 2. The predicted molar refractivity (Wildman–Crippen MR) is 154 cm³/mol. The van der Waals surface area contributed by atoms with Crippen molar-refractivity contribution in [3.63, 3.8) is 0 Å². The molecule has 0 bridgehead atoms. The third-order valence-corrected chi connectivity index (χ3v) is 9.00. The van der Waals surface area contributed by atoms with Crippen molar-refractivity contribution in [2.45, 2.75) is 69.5 Å². The quantitative estimate of drug-likeness (QED) is 0.385. The molecule has 3 aromatic rings. The Balaban J connectivity index is 1.65. The second-order valence-electron chi connectivity index (χ2n) is 10.2. The van der Waals surface area contributed by atoms with Crippen LogP contribution in [0.15, 0.2) is 89.8 Å². The summed E-state index contributed by atoms with van der Waals surface area (Å²) in [6.45, 7) is 3.44. The number of nitrogens with zero attached hydrogens (tertiary/aromatic N) is 2. The minimum absolute atomic E-state index is 0.0926. The lowest BCUT2D eigenvalue weighted by molar-refractivity contribution is -0.139. The van der Waals surface area contributed by atoms with E-state index < -0.39 is 28.5 Å². The molecule has 0 aromatic heterocycles. The highest BCUT2D eigenvalue weighted by Gasteiger charge is 2.33. The van der Waals surface area contributed by atoms with Gasteiger partial charge in [-0.1, -0.05) is 85.5 Å². The molecule has 4 rings (SSSR count). The molecule has 0 radical (unpaired) electrons. The van der Waals surface area contributed by atoms with Gasteiger partial charge >= 0.3 is 0 Å². The lowest BCUT2D eigenvalue weighted by atomic mass is 9.95. The molecule has 0 spiro atoms. The van der Waals surface area contributed by atoms with Crippen molar-refractivity contribution in [1.82, 2.24) is 10.2 Å². The summed E-state index contributed by atoms with van der Waals surface area (Å²) < 4.78 is 28.6. The molecule has 0 aliphatic heterocycles. The van der Waals surface area contributed by atoms with Crippen LogP contribution in [0.5, 0.6) is 0 Å². The number of hydrogen-bond acceptors (Lipinski definition) is 4. The number of nitrogens with one attached hydrogen (secondary N) is 1. The van der Waals surface area contributed by atoms with Gasteiger partial charge in [-0.25, -0.2) is 8.42 Å². The average molecular weight is 548 g/mol. The van der Waals surface area contributed by atoms with Gasteiger partial charge in [-0.2, -0.15) is 0 Å². The number of aryl methyl sites for hydroxylation is 1. The Morgan fingerprint density at radius 1 is 0.897 bits per heavy atom. The van der Waals surface area contributed by atoms with Crippen molar-refractivity contribution in [3.8, 4) is 0 Å². The number of carbonyl (C=O) groups excluding carboxylic acids is 2. The molecule has 2 amide bonds. The SMILES string of the molecule is Cc1cccc(CN(C(=O)CN(c2ccccc2)S(=O)(=O)c2ccccc2)[C@@H](C)C(=O)NC2CCCCC2)c1. The van der Waals surface area contributed by atoms with Gasteiger partial charge in [0.05, 0.1) is 10.6 Å². The highest BCUT2D eigenvalue weighted by atomic mass is 32.2. The van der Waals surface area contributed by atoms with Crippen molar-refractivity contribution in [1.29, 1.82) is 0 Å². The van der Waals surface area contributed by atoms with Gasteiger partial charge in [0, 0.05) is 12.6 Å². The minimum atomic E-state index is -4.05. The second-order valence-corrected chi connectivity index (χ2v) is 12.1. The van der Waals surface area contributed by atoms with Crippen molar-refractivity contribution < 1.29 is 18.0 Å². The Hall–Kier alpha value is -3.65. The topological polar surface area (TPSA) is 86.8 Å². The molecule has 1 aliphatic rings. The van der Waals surface area contributed by atoms with Gasteiger partial charge in [0.1, 0.15) is 12.6 Å². The van der Waals surface area contributed by atoms with Crippen molar-refractivity contribution in [2.24, 2.45) is 0 Å². The number of sulfonamides is 1. The van der Waals surface area contributed by atoms with Crippen molar-refractivity contribution >= 4 is 27.5 Å². The maximum absolute atomic E-state index is 14.0. The molecule has 1 fully saturated rings. The first-order chi connectivity index (χ1) is 18.8. The first-order valence-corrected chi connectivity index (χ1v) is 15.0. The number of para-hydroxylation sites is 1. The summed E-state index contributed by atoms with van der Waals surface area (Å²) in [5, 5.41) is 3.13. The smallest absolute Gasteiger partial charge is 0.264 e. The summed E-state index contributed by atoms with van der Waals surface area (Å²) in [7, 11) is -4.05. The Kier molecular flexibility index (Phi) is 9.41. The Labute approximate surface area is 231 Å². The summed E-state index contributed by atoms with van der Waals surface area (Å²) in [5.74, 6) is -0.675. The van der Waals surface area contributed by atoms with E-state index in [1.165, 1.54) is 23.5 Å². The number of amides is 2. The van der Waals surface area contributed by atoms with E-state index in [0.29, 0.717) is 5.69 Å². The van der Waals surface area contributed by atoms with Crippen LogP contribution in [-0.4, -0.2) is 43.8 Å². The number of hydrogen-bond donors (Lipinski definition) is 1. The molecule has 1 aliphatic carbocycles. The van der Waals surface area contributed by atoms with E-state index in [2.05, 4.69) is 5.32 Å². The molecule has 0 unspecified atom stereocenters. The average Bonchev–Trinajstić information content (AvgIpc) is 2.95. The normalized spacial score (nSPS) is 14.8. The molecular weight excluding hydrogens is 510 g/mol. The Morgan fingerprint density at radius 2 is 1.54 bits per heavy atom. The molecule has 1 saturated carbocycles. The predicted octanol–water partition coefficient (Wildman–Crippen LogP) is 5.06. The highest BCUT2D eigenvalue weighted by Crippen LogP contribution is 2.24. The van der Waals surface area contributed by atoms with Gasteiger partial charge in [-0.05, 0) is 56.5 Å². The lowest BCUT2D eigenvalue weighted by Crippen LogP contribution is -2.53. The van der Waals surface area contributed by atoms with Crippen molar-refractivity contribution in [3.05, 3.63) is 96.1 Å². The number of anilines is 1. The lowest BCUT2D eigenvalue weighted by Gasteiger charge is -2.33. The second kappa shape index (κ2) is 12.9. The van der Waals surface area contributed by atoms with Gasteiger partial charge in [0.15, 0.2) is 0 Å². The summed E-state index contributed by atoms with van der Waals surface area (Å²) >= 11 is 0. The van der Waals surface area contributed by atoms with Crippen LogP contribution in [0.1, 0.15) is 50.2 Å². The maximum atomic E-state index is 14.0. The number of benzene rings is 3. The molecule has 39 heavy (non-hydrogen) atoms. The van der Waals surface area contributed by atoms with E-state index in [4.69, 9.17) is 0 Å². The van der Waals surface area contributed by atoms with Crippen LogP contribution in [0.3, 0.4) is 0 Å². The van der Waals surface area contributed by atoms with Crippen LogP contribution < -0.4 is 9.62 Å². The fourth-order valence-electron chi connectivity index (χ4n) is 5.00. The largest absolute Gasteiger partial charge is 0.352 e. The standard InChI is InChI=1S/C31H37N3O4S/c1-24-13-12-14-26(21-24)22-33(25(2)31(36)32-27-15-6-3-7-16-27)30(35)23-34(28-17-8-4-9-18-28)39(37,38)29-19-10-5-11-20-29/h4-5,8-14,17-21,25,27H,3,6-7,15-16,22-23H2,1-2H3,(H,32,36)/t25-/m0/s1. The third kappa shape index (κ3) is 7.26. The van der Waals surface area contributed by atoms with Crippen LogP contribution in [0.2, 0.25) is 0 Å². The van der Waals surface area contributed by atoms with Crippen LogP contribution in [0, 0.1) is 6.92 Å². The molecule has 7 nitrogen and oxygen atoms in total.